The van der Waals surface area contributed by atoms with Gasteiger partial charge in [0.2, 0.25) is 0 Å². The summed E-state index contributed by atoms with van der Waals surface area (Å²) in [5.41, 5.74) is 1.90. The fourth-order valence-corrected chi connectivity index (χ4v) is 4.59. The lowest BCUT2D eigenvalue weighted by atomic mass is 10.1. The summed E-state index contributed by atoms with van der Waals surface area (Å²) in [6.45, 7) is 4.04. The summed E-state index contributed by atoms with van der Waals surface area (Å²) in [6.07, 6.45) is 0. The Bertz CT molecular complexity index is 598. The summed E-state index contributed by atoms with van der Waals surface area (Å²) in [5.74, 6) is -0.372. The summed E-state index contributed by atoms with van der Waals surface area (Å²) in [4.78, 5) is 2.04. The lowest BCUT2D eigenvalue weighted by Crippen LogP contribution is -2.36. The molecule has 0 heterocycles. The zero-order chi connectivity index (χ0) is 16.9. The van der Waals surface area contributed by atoms with Gasteiger partial charge < -0.3 is 13.9 Å². The molecule has 23 heavy (non-hydrogen) atoms. The van der Waals surface area contributed by atoms with Crippen molar-refractivity contribution in [2.75, 3.05) is 19.1 Å². The van der Waals surface area contributed by atoms with E-state index in [0.29, 0.717) is 0 Å². The van der Waals surface area contributed by atoms with Crippen molar-refractivity contribution >= 4 is 19.0 Å². The zero-order valence-corrected chi connectivity index (χ0v) is 14.9. The van der Waals surface area contributed by atoms with Crippen LogP contribution in [0.2, 0.25) is 0 Å². The van der Waals surface area contributed by atoms with Gasteiger partial charge in [0.15, 0.2) is 0 Å². The van der Waals surface area contributed by atoms with E-state index in [2.05, 4.69) is 0 Å². The first-order chi connectivity index (χ1) is 11.0. The van der Waals surface area contributed by atoms with Crippen LogP contribution in [0.1, 0.15) is 13.8 Å². The molecule has 1 unspecified atom stereocenters. The Kier molecular flexibility index (Phi) is 6.00. The topological polar surface area (TPSA) is 38.8 Å². The first-order valence-corrected chi connectivity index (χ1v) is 9.25. The number of para-hydroxylation sites is 2. The lowest BCUT2D eigenvalue weighted by molar-refractivity contribution is 0.257. The minimum absolute atomic E-state index is 0.0566. The smallest absolute Gasteiger partial charge is 0.326 e. The predicted molar refractivity (Wildman–Crippen MR) is 95.3 cm³/mol. The maximum Gasteiger partial charge on any atom is 0.352 e. The molecular formula is C18H24NO3P. The van der Waals surface area contributed by atoms with E-state index >= 15 is 0 Å². The molecule has 4 nitrogen and oxygen atoms in total. The molecule has 2 aromatic rings. The van der Waals surface area contributed by atoms with Crippen LogP contribution < -0.4 is 4.90 Å². The van der Waals surface area contributed by atoms with Gasteiger partial charge in [0.25, 0.3) is 0 Å². The molecule has 0 spiro atoms. The summed E-state index contributed by atoms with van der Waals surface area (Å²) in [5, 5.41) is 0. The van der Waals surface area contributed by atoms with Gasteiger partial charge >= 0.3 is 7.60 Å². The third kappa shape index (κ3) is 3.84. The maximum atomic E-state index is 13.2. The predicted octanol–water partition coefficient (Wildman–Crippen LogP) is 5.29. The maximum absolute atomic E-state index is 13.2. The van der Waals surface area contributed by atoms with Crippen LogP contribution in [0, 0.1) is 5.92 Å². The second kappa shape index (κ2) is 7.78. The Morgan fingerprint density at radius 2 is 1.22 bits per heavy atom. The summed E-state index contributed by atoms with van der Waals surface area (Å²) in [6, 6.07) is 19.8. The standard InChI is InChI=1S/C18H24NO3P/c1-15(2)18(23(20,21-3)22-4)19(16-11-7-5-8-12-16)17-13-9-6-10-14-17/h5-15,18H,1-4H3. The van der Waals surface area contributed by atoms with Crippen LogP contribution in [0.3, 0.4) is 0 Å². The highest BCUT2D eigenvalue weighted by atomic mass is 31.2. The van der Waals surface area contributed by atoms with Gasteiger partial charge in [0.05, 0.1) is 0 Å². The minimum atomic E-state index is -3.31. The van der Waals surface area contributed by atoms with Crippen LogP contribution in [0.15, 0.2) is 60.7 Å². The molecule has 1 atom stereocenters. The van der Waals surface area contributed by atoms with Gasteiger partial charge in [-0.3, -0.25) is 4.57 Å². The monoisotopic (exact) mass is 333 g/mol. The van der Waals surface area contributed by atoms with Crippen LogP contribution in [-0.4, -0.2) is 20.0 Å². The van der Waals surface area contributed by atoms with E-state index in [1.54, 1.807) is 0 Å². The molecular weight excluding hydrogens is 309 g/mol. The Morgan fingerprint density at radius 3 is 1.52 bits per heavy atom. The van der Waals surface area contributed by atoms with Crippen molar-refractivity contribution in [2.45, 2.75) is 19.6 Å². The third-order valence-electron chi connectivity index (χ3n) is 3.76. The number of nitrogens with zero attached hydrogens (tertiary/aromatic N) is 1. The lowest BCUT2D eigenvalue weighted by Gasteiger charge is -2.38. The van der Waals surface area contributed by atoms with E-state index in [1.807, 2.05) is 79.4 Å². The first-order valence-electron chi connectivity index (χ1n) is 7.64. The highest BCUT2D eigenvalue weighted by Crippen LogP contribution is 2.57. The molecule has 0 aromatic heterocycles. The average molecular weight is 333 g/mol. The number of anilines is 2. The SMILES string of the molecule is COP(=O)(OC)C(C(C)C)N(c1ccccc1)c1ccccc1. The summed E-state index contributed by atoms with van der Waals surface area (Å²) < 4.78 is 23.8. The van der Waals surface area contributed by atoms with Gasteiger partial charge in [-0.25, -0.2) is 0 Å². The van der Waals surface area contributed by atoms with Crippen molar-refractivity contribution in [1.29, 1.82) is 0 Å². The fraction of sp³-hybridized carbons (Fsp3) is 0.333. The highest BCUT2D eigenvalue weighted by Gasteiger charge is 2.41. The molecule has 0 radical (unpaired) electrons. The van der Waals surface area contributed by atoms with Gasteiger partial charge in [0, 0.05) is 25.6 Å². The second-order valence-electron chi connectivity index (χ2n) is 5.60. The summed E-state index contributed by atoms with van der Waals surface area (Å²) >= 11 is 0. The Morgan fingerprint density at radius 1 is 0.826 bits per heavy atom. The zero-order valence-electron chi connectivity index (χ0n) is 14.0. The fourth-order valence-electron chi connectivity index (χ4n) is 2.73. The van der Waals surface area contributed by atoms with Gasteiger partial charge in [-0.15, -0.1) is 0 Å². The molecule has 0 saturated heterocycles. The minimum Gasteiger partial charge on any atom is -0.326 e. The van der Waals surface area contributed by atoms with Crippen molar-refractivity contribution in [3.05, 3.63) is 60.7 Å². The van der Waals surface area contributed by atoms with Crippen LogP contribution in [0.25, 0.3) is 0 Å². The van der Waals surface area contributed by atoms with E-state index in [4.69, 9.17) is 9.05 Å². The molecule has 0 aliphatic rings. The Hall–Kier alpha value is -1.61. The Labute approximate surface area is 138 Å². The summed E-state index contributed by atoms with van der Waals surface area (Å²) in [7, 11) is -0.432. The van der Waals surface area contributed by atoms with E-state index in [9.17, 15) is 4.57 Å². The quantitative estimate of drug-likeness (QED) is 0.645. The number of hydrogen-bond acceptors (Lipinski definition) is 4. The molecule has 0 N–H and O–H groups in total. The molecule has 0 fully saturated rings. The van der Waals surface area contributed by atoms with Crippen molar-refractivity contribution in [2.24, 2.45) is 5.92 Å². The molecule has 0 saturated carbocycles. The highest BCUT2D eigenvalue weighted by molar-refractivity contribution is 7.54. The molecule has 0 amide bonds. The number of rotatable bonds is 7. The van der Waals surface area contributed by atoms with Gasteiger partial charge in [-0.1, -0.05) is 50.2 Å². The average Bonchev–Trinajstić information content (AvgIpc) is 2.60. The molecule has 2 aromatic carbocycles. The molecule has 124 valence electrons. The molecule has 5 heteroatoms. The normalized spacial score (nSPS) is 13.1. The van der Waals surface area contributed by atoms with Gasteiger partial charge in [0.1, 0.15) is 5.78 Å². The van der Waals surface area contributed by atoms with E-state index in [1.165, 1.54) is 14.2 Å². The van der Waals surface area contributed by atoms with Crippen molar-refractivity contribution in [1.82, 2.24) is 0 Å². The van der Waals surface area contributed by atoms with Gasteiger partial charge in [-0.05, 0) is 30.2 Å². The van der Waals surface area contributed by atoms with E-state index < -0.39 is 13.4 Å². The molecule has 0 aliphatic carbocycles. The Balaban J connectivity index is 2.62. The number of benzene rings is 2. The van der Waals surface area contributed by atoms with Crippen LogP contribution in [0.5, 0.6) is 0 Å². The van der Waals surface area contributed by atoms with Gasteiger partial charge in [-0.2, -0.15) is 0 Å². The van der Waals surface area contributed by atoms with Crippen molar-refractivity contribution in [3.63, 3.8) is 0 Å². The molecule has 0 bridgehead atoms. The first kappa shape index (κ1) is 17.7. The molecule has 2 rings (SSSR count). The number of hydrogen-bond donors (Lipinski definition) is 0. The second-order valence-corrected chi connectivity index (χ2v) is 7.94. The molecule has 0 aliphatic heterocycles. The van der Waals surface area contributed by atoms with Crippen molar-refractivity contribution < 1.29 is 13.6 Å². The van der Waals surface area contributed by atoms with Crippen LogP contribution >= 0.6 is 7.60 Å². The van der Waals surface area contributed by atoms with E-state index in [0.717, 1.165) is 11.4 Å². The largest absolute Gasteiger partial charge is 0.352 e. The third-order valence-corrected chi connectivity index (χ3v) is 6.26. The van der Waals surface area contributed by atoms with Crippen molar-refractivity contribution in [3.8, 4) is 0 Å². The van der Waals surface area contributed by atoms with Crippen LogP contribution in [-0.2, 0) is 13.6 Å². The van der Waals surface area contributed by atoms with Crippen LogP contribution in [0.4, 0.5) is 11.4 Å². The van der Waals surface area contributed by atoms with E-state index in [-0.39, 0.29) is 5.92 Å².